The van der Waals surface area contributed by atoms with Crippen molar-refractivity contribution in [1.29, 1.82) is 5.26 Å². The van der Waals surface area contributed by atoms with Crippen molar-refractivity contribution >= 4 is 0 Å². The third kappa shape index (κ3) is 5.50. The number of hydrogen-bond acceptors (Lipinski definition) is 1. The highest BCUT2D eigenvalue weighted by Crippen LogP contribution is 2.53. The zero-order chi connectivity index (χ0) is 18.2. The number of nitriles is 1. The first-order valence-electron chi connectivity index (χ1n) is 12.2. The number of nitrogens with zero attached hydrogens (tertiary/aromatic N) is 1. The summed E-state index contributed by atoms with van der Waals surface area (Å²) >= 11 is 0. The zero-order valence-electron chi connectivity index (χ0n) is 17.4. The second kappa shape index (κ2) is 10.7. The number of unbranched alkanes of at least 4 members (excludes halogenated alkanes) is 7. The molecule has 0 heterocycles. The zero-order valence-corrected chi connectivity index (χ0v) is 17.4. The van der Waals surface area contributed by atoms with Crippen LogP contribution in [0.25, 0.3) is 0 Å². The van der Waals surface area contributed by atoms with Crippen LogP contribution >= 0.6 is 0 Å². The molecular formula is C25H43N. The first-order valence-corrected chi connectivity index (χ1v) is 12.2. The Bertz CT molecular complexity index is 436. The second-order valence-electron chi connectivity index (χ2n) is 10.0. The minimum absolute atomic E-state index is 0.381. The molecule has 3 saturated carbocycles. The average Bonchev–Trinajstić information content (AvgIpc) is 2.69. The van der Waals surface area contributed by atoms with Crippen molar-refractivity contribution in [3.8, 4) is 6.07 Å². The molecule has 1 heteroatoms. The van der Waals surface area contributed by atoms with Crippen molar-refractivity contribution in [3.05, 3.63) is 0 Å². The molecule has 0 aliphatic heterocycles. The molecule has 3 rings (SSSR count). The van der Waals surface area contributed by atoms with E-state index in [2.05, 4.69) is 13.0 Å². The van der Waals surface area contributed by atoms with E-state index in [1.807, 2.05) is 0 Å². The maximum atomic E-state index is 9.27. The van der Waals surface area contributed by atoms with Crippen LogP contribution in [0.4, 0.5) is 0 Å². The summed E-state index contributed by atoms with van der Waals surface area (Å²) < 4.78 is 0. The van der Waals surface area contributed by atoms with E-state index < -0.39 is 0 Å². The molecule has 26 heavy (non-hydrogen) atoms. The lowest BCUT2D eigenvalue weighted by Gasteiger charge is -2.50. The van der Waals surface area contributed by atoms with Crippen LogP contribution in [0.3, 0.4) is 0 Å². The molecule has 1 nitrogen and oxygen atoms in total. The van der Waals surface area contributed by atoms with Gasteiger partial charge in [-0.2, -0.15) is 5.26 Å². The van der Waals surface area contributed by atoms with Gasteiger partial charge < -0.3 is 0 Å². The van der Waals surface area contributed by atoms with E-state index in [0.29, 0.717) is 5.92 Å². The van der Waals surface area contributed by atoms with Crippen molar-refractivity contribution in [2.45, 2.75) is 116 Å². The number of hydrogen-bond donors (Lipinski definition) is 0. The number of rotatable bonds is 9. The summed E-state index contributed by atoms with van der Waals surface area (Å²) in [6.45, 7) is 2.30. The maximum Gasteiger partial charge on any atom is 0.0655 e. The van der Waals surface area contributed by atoms with E-state index in [1.54, 1.807) is 6.42 Å². The van der Waals surface area contributed by atoms with Crippen LogP contribution in [0, 0.1) is 46.8 Å². The molecule has 148 valence electrons. The largest absolute Gasteiger partial charge is 0.198 e. The van der Waals surface area contributed by atoms with Gasteiger partial charge in [0.15, 0.2) is 0 Å². The van der Waals surface area contributed by atoms with Crippen LogP contribution in [0.5, 0.6) is 0 Å². The summed E-state index contributed by atoms with van der Waals surface area (Å²) in [4.78, 5) is 0. The van der Waals surface area contributed by atoms with Gasteiger partial charge in [-0.1, -0.05) is 71.1 Å². The van der Waals surface area contributed by atoms with Gasteiger partial charge in [0.25, 0.3) is 0 Å². The Balaban J connectivity index is 1.32. The second-order valence-corrected chi connectivity index (χ2v) is 10.0. The normalized spacial score (nSPS) is 36.8. The van der Waals surface area contributed by atoms with E-state index in [-0.39, 0.29) is 0 Å². The molecule has 0 amide bonds. The van der Waals surface area contributed by atoms with Crippen molar-refractivity contribution in [3.63, 3.8) is 0 Å². The highest BCUT2D eigenvalue weighted by molar-refractivity contribution is 4.98. The molecule has 0 aromatic carbocycles. The van der Waals surface area contributed by atoms with E-state index in [9.17, 15) is 5.26 Å². The van der Waals surface area contributed by atoms with Crippen LogP contribution in [-0.2, 0) is 0 Å². The fourth-order valence-corrected chi connectivity index (χ4v) is 6.84. The molecular weight excluding hydrogens is 314 g/mol. The molecule has 0 N–H and O–H groups in total. The van der Waals surface area contributed by atoms with Crippen LogP contribution in [0.1, 0.15) is 116 Å². The molecule has 4 unspecified atom stereocenters. The third-order valence-corrected chi connectivity index (χ3v) is 8.30. The van der Waals surface area contributed by atoms with Crippen molar-refractivity contribution in [2.75, 3.05) is 0 Å². The van der Waals surface area contributed by atoms with E-state index in [4.69, 9.17) is 0 Å². The number of fused-ring (bicyclic) bond motifs is 3. The lowest BCUT2D eigenvalue weighted by molar-refractivity contribution is 0.00278. The molecule has 0 aromatic heterocycles. The topological polar surface area (TPSA) is 23.8 Å². The summed E-state index contributed by atoms with van der Waals surface area (Å²) in [5, 5.41) is 9.27. The Morgan fingerprint density at radius 1 is 0.692 bits per heavy atom. The monoisotopic (exact) mass is 357 g/mol. The Kier molecular flexibility index (Phi) is 8.35. The van der Waals surface area contributed by atoms with Crippen molar-refractivity contribution in [1.82, 2.24) is 0 Å². The van der Waals surface area contributed by atoms with E-state index >= 15 is 0 Å². The molecule has 0 radical (unpaired) electrons. The van der Waals surface area contributed by atoms with Crippen LogP contribution in [0.15, 0.2) is 0 Å². The first kappa shape index (κ1) is 20.2. The summed E-state index contributed by atoms with van der Waals surface area (Å²) in [7, 11) is 0. The molecule has 0 saturated heterocycles. The average molecular weight is 358 g/mol. The van der Waals surface area contributed by atoms with Gasteiger partial charge in [-0.25, -0.2) is 0 Å². The molecule has 3 aliphatic rings. The molecule has 0 bridgehead atoms. The SMILES string of the molecule is CCCCCCCCCC[C@H]1CCC2C(CCC3C[C@@H](C#N)CCC32)C1. The van der Waals surface area contributed by atoms with Crippen LogP contribution in [-0.4, -0.2) is 0 Å². The van der Waals surface area contributed by atoms with E-state index in [1.165, 1.54) is 103 Å². The fraction of sp³-hybridized carbons (Fsp3) is 0.960. The minimum atomic E-state index is 0.381. The Morgan fingerprint density at radius 3 is 2.00 bits per heavy atom. The summed E-state index contributed by atoms with van der Waals surface area (Å²) in [6.07, 6.45) is 24.5. The first-order chi connectivity index (χ1) is 12.8. The van der Waals surface area contributed by atoms with Gasteiger partial charge in [-0.3, -0.25) is 0 Å². The van der Waals surface area contributed by atoms with Gasteiger partial charge >= 0.3 is 0 Å². The lowest BCUT2D eigenvalue weighted by atomic mass is 9.55. The van der Waals surface area contributed by atoms with Gasteiger partial charge in [-0.05, 0) is 74.5 Å². The third-order valence-electron chi connectivity index (χ3n) is 8.30. The minimum Gasteiger partial charge on any atom is -0.198 e. The van der Waals surface area contributed by atoms with Crippen LogP contribution < -0.4 is 0 Å². The van der Waals surface area contributed by atoms with Crippen molar-refractivity contribution in [2.24, 2.45) is 35.5 Å². The lowest BCUT2D eigenvalue weighted by Crippen LogP contribution is -2.41. The highest BCUT2D eigenvalue weighted by Gasteiger charge is 2.44. The standard InChI is InChI=1S/C25H43N/c1-2-3-4-5-6-7-8-9-10-20-11-15-24-22(17-20)13-14-23-18-21(19-26)12-16-25(23)24/h20-25H,2-18H2,1H3/t20-,21-,22?,23?,24?,25?/m0/s1. The smallest absolute Gasteiger partial charge is 0.0655 e. The molecule has 3 fully saturated rings. The quantitative estimate of drug-likeness (QED) is 0.385. The summed E-state index contributed by atoms with van der Waals surface area (Å²) in [5.41, 5.74) is 0. The van der Waals surface area contributed by atoms with Gasteiger partial charge in [0.2, 0.25) is 0 Å². The van der Waals surface area contributed by atoms with E-state index in [0.717, 1.165) is 29.6 Å². The maximum absolute atomic E-state index is 9.27. The molecule has 0 aromatic rings. The predicted octanol–water partition coefficient (Wildman–Crippen LogP) is 7.90. The van der Waals surface area contributed by atoms with Gasteiger partial charge in [0, 0.05) is 5.92 Å². The van der Waals surface area contributed by atoms with Crippen molar-refractivity contribution < 1.29 is 0 Å². The molecule has 0 spiro atoms. The Hall–Kier alpha value is -0.510. The van der Waals surface area contributed by atoms with Gasteiger partial charge in [0.1, 0.15) is 0 Å². The molecule has 6 atom stereocenters. The molecule has 3 aliphatic carbocycles. The summed E-state index contributed by atoms with van der Waals surface area (Å²) in [6, 6.07) is 2.56. The highest BCUT2D eigenvalue weighted by atomic mass is 14.5. The van der Waals surface area contributed by atoms with Gasteiger partial charge in [-0.15, -0.1) is 0 Å². The Morgan fingerprint density at radius 2 is 1.31 bits per heavy atom. The predicted molar refractivity (Wildman–Crippen MR) is 111 cm³/mol. The van der Waals surface area contributed by atoms with Crippen LogP contribution in [0.2, 0.25) is 0 Å². The fourth-order valence-electron chi connectivity index (χ4n) is 6.84. The summed E-state index contributed by atoms with van der Waals surface area (Å²) in [5.74, 6) is 5.39. The van der Waals surface area contributed by atoms with Gasteiger partial charge in [0.05, 0.1) is 6.07 Å². The Labute approximate surface area is 163 Å².